The molecule has 2 atom stereocenters. The maximum atomic E-state index is 12.0. The van der Waals surface area contributed by atoms with Crippen molar-refractivity contribution < 1.29 is 9.32 Å². The van der Waals surface area contributed by atoms with Crippen molar-refractivity contribution in [2.75, 3.05) is 0 Å². The number of carbonyl (C=O) groups excluding carboxylic acids is 1. The lowest BCUT2D eigenvalue weighted by Gasteiger charge is -2.31. The van der Waals surface area contributed by atoms with Crippen molar-refractivity contribution in [1.29, 1.82) is 0 Å². The number of thiophene rings is 1. The summed E-state index contributed by atoms with van der Waals surface area (Å²) in [5.74, 6) is 1.72. The zero-order valence-corrected chi connectivity index (χ0v) is 14.8. The Morgan fingerprint density at radius 2 is 2.12 bits per heavy atom. The molecule has 3 aromatic rings. The van der Waals surface area contributed by atoms with Gasteiger partial charge in [0.1, 0.15) is 5.50 Å². The zero-order chi connectivity index (χ0) is 17.1. The number of hydrogen-bond donors (Lipinski definition) is 2. The second-order valence-electron chi connectivity index (χ2n) is 5.58. The molecular formula is C17H16N4O2S2. The summed E-state index contributed by atoms with van der Waals surface area (Å²) in [4.78, 5) is 17.4. The largest absolute Gasteiger partial charge is 0.338 e. The maximum absolute atomic E-state index is 12.0. The fourth-order valence-electron chi connectivity index (χ4n) is 2.64. The molecule has 0 spiro atoms. The molecule has 25 heavy (non-hydrogen) atoms. The number of nitrogens with one attached hydrogen (secondary N) is 2. The number of benzene rings is 1. The van der Waals surface area contributed by atoms with E-state index < -0.39 is 0 Å². The topological polar surface area (TPSA) is 80.1 Å². The smallest absolute Gasteiger partial charge is 0.237 e. The van der Waals surface area contributed by atoms with Gasteiger partial charge in [-0.05, 0) is 17.0 Å². The third kappa shape index (κ3) is 3.92. The predicted molar refractivity (Wildman–Crippen MR) is 97.8 cm³/mol. The summed E-state index contributed by atoms with van der Waals surface area (Å²) in [5, 5.41) is 12.4. The van der Waals surface area contributed by atoms with E-state index in [9.17, 15) is 4.79 Å². The van der Waals surface area contributed by atoms with Crippen LogP contribution in [-0.4, -0.2) is 21.5 Å². The van der Waals surface area contributed by atoms with Crippen LogP contribution >= 0.6 is 23.1 Å². The molecule has 2 N–H and O–H groups in total. The third-order valence-corrected chi connectivity index (χ3v) is 5.69. The van der Waals surface area contributed by atoms with Gasteiger partial charge in [0.25, 0.3) is 0 Å². The van der Waals surface area contributed by atoms with E-state index in [0.717, 1.165) is 10.4 Å². The van der Waals surface area contributed by atoms with Crippen LogP contribution in [0.15, 0.2) is 52.4 Å². The third-order valence-electron chi connectivity index (χ3n) is 3.82. The lowest BCUT2D eigenvalue weighted by molar-refractivity contribution is -0.123. The van der Waals surface area contributed by atoms with E-state index >= 15 is 0 Å². The fourth-order valence-corrected chi connectivity index (χ4v) is 4.19. The molecule has 1 saturated heterocycles. The lowest BCUT2D eigenvalue weighted by atomic mass is 10.0. The summed E-state index contributed by atoms with van der Waals surface area (Å²) in [6.07, 6.45) is 0.435. The highest BCUT2D eigenvalue weighted by atomic mass is 32.2. The fraction of sp³-hybridized carbons (Fsp3) is 0.235. The van der Waals surface area contributed by atoms with Gasteiger partial charge in [-0.2, -0.15) is 4.98 Å². The van der Waals surface area contributed by atoms with E-state index in [1.807, 2.05) is 47.8 Å². The van der Waals surface area contributed by atoms with Crippen molar-refractivity contribution in [2.24, 2.45) is 0 Å². The number of aromatic nitrogens is 2. The Balaban J connectivity index is 1.38. The Labute approximate surface area is 153 Å². The van der Waals surface area contributed by atoms with Crippen molar-refractivity contribution in [3.63, 3.8) is 0 Å². The molecule has 3 heterocycles. The summed E-state index contributed by atoms with van der Waals surface area (Å²) in [5.41, 5.74) is 0.921. The van der Waals surface area contributed by atoms with Crippen LogP contribution in [0.1, 0.15) is 23.9 Å². The molecule has 8 heteroatoms. The van der Waals surface area contributed by atoms with Gasteiger partial charge in [0.15, 0.2) is 0 Å². The molecule has 6 nitrogen and oxygen atoms in total. The Hall–Kier alpha value is -2.16. The average Bonchev–Trinajstić information content (AvgIpc) is 3.32. The van der Waals surface area contributed by atoms with E-state index in [1.165, 1.54) is 11.8 Å². The van der Waals surface area contributed by atoms with Gasteiger partial charge in [0.2, 0.25) is 17.6 Å². The maximum Gasteiger partial charge on any atom is 0.237 e. The second kappa shape index (κ2) is 7.38. The van der Waals surface area contributed by atoms with Crippen molar-refractivity contribution in [3.8, 4) is 10.7 Å². The molecule has 0 aliphatic carbocycles. The van der Waals surface area contributed by atoms with Gasteiger partial charge in [-0.25, -0.2) is 0 Å². The first-order valence-corrected chi connectivity index (χ1v) is 9.79. The van der Waals surface area contributed by atoms with Gasteiger partial charge in [-0.3, -0.25) is 10.1 Å². The highest BCUT2D eigenvalue weighted by Crippen LogP contribution is 2.26. The van der Waals surface area contributed by atoms with Crippen molar-refractivity contribution >= 4 is 29.0 Å². The van der Waals surface area contributed by atoms with Crippen LogP contribution in [0.3, 0.4) is 0 Å². The van der Waals surface area contributed by atoms with Crippen molar-refractivity contribution in [1.82, 2.24) is 20.8 Å². The number of hydrogen-bond acceptors (Lipinski definition) is 7. The molecule has 1 aliphatic rings. The monoisotopic (exact) mass is 372 g/mol. The summed E-state index contributed by atoms with van der Waals surface area (Å²) in [6.45, 7) is 0. The van der Waals surface area contributed by atoms with Gasteiger partial charge in [-0.15, -0.1) is 23.1 Å². The summed E-state index contributed by atoms with van der Waals surface area (Å²) >= 11 is 3.10. The lowest BCUT2D eigenvalue weighted by Crippen LogP contribution is -2.50. The molecule has 0 radical (unpaired) electrons. The van der Waals surface area contributed by atoms with E-state index in [4.69, 9.17) is 4.52 Å². The summed E-state index contributed by atoms with van der Waals surface area (Å²) in [6, 6.07) is 13.9. The molecule has 2 aromatic heterocycles. The zero-order valence-electron chi connectivity index (χ0n) is 13.2. The molecule has 1 amide bonds. The van der Waals surface area contributed by atoms with Crippen molar-refractivity contribution in [3.05, 3.63) is 59.3 Å². The van der Waals surface area contributed by atoms with Crippen LogP contribution in [0, 0.1) is 0 Å². The van der Waals surface area contributed by atoms with Crippen LogP contribution < -0.4 is 10.6 Å². The molecule has 128 valence electrons. The number of amides is 1. The molecule has 0 bridgehead atoms. The number of carbonyl (C=O) groups is 1. The number of thioether (sulfide) groups is 1. The first-order chi connectivity index (χ1) is 12.3. The number of nitrogens with zero attached hydrogens (tertiary/aromatic N) is 2. The Morgan fingerprint density at radius 1 is 1.24 bits per heavy atom. The molecule has 0 saturated carbocycles. The quantitative estimate of drug-likeness (QED) is 0.716. The van der Waals surface area contributed by atoms with Crippen LogP contribution in [0.5, 0.6) is 0 Å². The standard InChI is InChI=1S/C17H16N4O2S2/c22-14-9-12(11-5-2-1-3-6-11)18-17(19-14)25-10-15-20-16(21-23-15)13-7-4-8-24-13/h1-8,12,17-18H,9-10H2,(H,19,22). The van der Waals surface area contributed by atoms with Gasteiger partial charge in [0.05, 0.1) is 10.6 Å². The van der Waals surface area contributed by atoms with Crippen LogP contribution in [0.2, 0.25) is 0 Å². The van der Waals surface area contributed by atoms with E-state index in [1.54, 1.807) is 11.3 Å². The average molecular weight is 372 g/mol. The van der Waals surface area contributed by atoms with Gasteiger partial charge >= 0.3 is 0 Å². The normalized spacial score (nSPS) is 20.4. The van der Waals surface area contributed by atoms with E-state index in [0.29, 0.717) is 23.9 Å². The highest BCUT2D eigenvalue weighted by molar-refractivity contribution is 7.99. The Bertz CT molecular complexity index is 835. The van der Waals surface area contributed by atoms with Gasteiger partial charge in [0, 0.05) is 12.5 Å². The molecule has 2 unspecified atom stereocenters. The summed E-state index contributed by atoms with van der Waals surface area (Å²) < 4.78 is 5.30. The molecule has 1 aliphatic heterocycles. The van der Waals surface area contributed by atoms with Gasteiger partial charge in [-0.1, -0.05) is 41.6 Å². The predicted octanol–water partition coefficient (Wildman–Crippen LogP) is 3.17. The van der Waals surface area contributed by atoms with Gasteiger partial charge < -0.3 is 9.84 Å². The minimum atomic E-state index is -0.191. The number of rotatable bonds is 5. The second-order valence-corrected chi connectivity index (χ2v) is 7.62. The molecular weight excluding hydrogens is 356 g/mol. The Morgan fingerprint density at radius 3 is 2.92 bits per heavy atom. The van der Waals surface area contributed by atoms with E-state index in [2.05, 4.69) is 20.8 Å². The van der Waals surface area contributed by atoms with Crippen molar-refractivity contribution in [2.45, 2.75) is 23.7 Å². The highest BCUT2D eigenvalue weighted by Gasteiger charge is 2.27. The first kappa shape index (κ1) is 16.3. The van der Waals surface area contributed by atoms with Crippen LogP contribution in [0.4, 0.5) is 0 Å². The molecule has 4 rings (SSSR count). The minimum absolute atomic E-state index is 0.0109. The molecule has 1 fully saturated rings. The Kier molecular flexibility index (Phi) is 4.82. The summed E-state index contributed by atoms with van der Waals surface area (Å²) in [7, 11) is 0. The molecule has 1 aromatic carbocycles. The first-order valence-electron chi connectivity index (χ1n) is 7.86. The van der Waals surface area contributed by atoms with Crippen LogP contribution in [0.25, 0.3) is 10.7 Å². The SMILES string of the molecule is O=C1CC(c2ccccc2)NC(SCc2nc(-c3cccs3)no2)N1. The van der Waals surface area contributed by atoms with Crippen LogP contribution in [-0.2, 0) is 10.5 Å². The minimum Gasteiger partial charge on any atom is -0.338 e. The van der Waals surface area contributed by atoms with E-state index in [-0.39, 0.29) is 17.4 Å².